The van der Waals surface area contributed by atoms with Crippen LogP contribution in [0.5, 0.6) is 5.88 Å². The summed E-state index contributed by atoms with van der Waals surface area (Å²) in [6.07, 6.45) is 4.20. The van der Waals surface area contributed by atoms with Gasteiger partial charge in [0.1, 0.15) is 11.8 Å². The van der Waals surface area contributed by atoms with Crippen molar-refractivity contribution in [1.82, 2.24) is 25.3 Å². The molecule has 0 saturated carbocycles. The predicted molar refractivity (Wildman–Crippen MR) is 75.0 cm³/mol. The van der Waals surface area contributed by atoms with E-state index in [4.69, 9.17) is 14.0 Å². The Hall–Kier alpha value is -2.74. The topological polar surface area (TPSA) is 99.0 Å². The van der Waals surface area contributed by atoms with Crippen LogP contribution in [0, 0.1) is 0 Å². The molecule has 1 fully saturated rings. The van der Waals surface area contributed by atoms with E-state index in [9.17, 15) is 0 Å². The molecule has 1 saturated heterocycles. The van der Waals surface area contributed by atoms with Crippen molar-refractivity contribution in [2.24, 2.45) is 0 Å². The molecule has 0 aromatic carbocycles. The lowest BCUT2D eigenvalue weighted by atomic mass is 10.2. The monoisotopic (exact) mass is 299 g/mol. The highest BCUT2D eigenvalue weighted by Gasteiger charge is 2.18. The van der Waals surface area contributed by atoms with Gasteiger partial charge in [0.25, 0.3) is 5.89 Å². The molecule has 0 aliphatic carbocycles. The number of pyridine rings is 1. The summed E-state index contributed by atoms with van der Waals surface area (Å²) in [5.74, 6) is 1.38. The summed E-state index contributed by atoms with van der Waals surface area (Å²) in [7, 11) is 0. The number of nitrogens with one attached hydrogen (secondary N) is 1. The Morgan fingerprint density at radius 2 is 2.27 bits per heavy atom. The van der Waals surface area contributed by atoms with Crippen LogP contribution in [0.4, 0.5) is 0 Å². The Balaban J connectivity index is 1.57. The van der Waals surface area contributed by atoms with E-state index in [0.717, 1.165) is 18.6 Å². The van der Waals surface area contributed by atoms with Gasteiger partial charge in [0, 0.05) is 30.4 Å². The molecule has 8 nitrogen and oxygen atoms in total. The number of aromatic nitrogens is 5. The largest absolute Gasteiger partial charge is 0.472 e. The number of aromatic amines is 1. The van der Waals surface area contributed by atoms with Gasteiger partial charge in [-0.1, -0.05) is 5.16 Å². The molecule has 4 heterocycles. The summed E-state index contributed by atoms with van der Waals surface area (Å²) in [6.45, 7) is 1.32. The maximum absolute atomic E-state index is 5.77. The second-order valence-corrected chi connectivity index (χ2v) is 4.88. The molecule has 0 spiro atoms. The minimum absolute atomic E-state index is 0.0472. The first-order valence-corrected chi connectivity index (χ1v) is 6.93. The van der Waals surface area contributed by atoms with Crippen molar-refractivity contribution >= 4 is 0 Å². The minimum atomic E-state index is 0.0472. The van der Waals surface area contributed by atoms with Crippen LogP contribution in [0.2, 0.25) is 0 Å². The number of hydrogen-bond acceptors (Lipinski definition) is 7. The smallest absolute Gasteiger partial charge is 0.258 e. The zero-order chi connectivity index (χ0) is 14.8. The van der Waals surface area contributed by atoms with Crippen molar-refractivity contribution in [3.8, 4) is 28.9 Å². The second-order valence-electron chi connectivity index (χ2n) is 4.88. The summed E-state index contributed by atoms with van der Waals surface area (Å²) in [4.78, 5) is 8.54. The van der Waals surface area contributed by atoms with Crippen LogP contribution in [-0.2, 0) is 4.74 Å². The van der Waals surface area contributed by atoms with Gasteiger partial charge < -0.3 is 14.0 Å². The molecular formula is C14H13N5O3. The third kappa shape index (κ3) is 2.56. The van der Waals surface area contributed by atoms with E-state index in [2.05, 4.69) is 25.3 Å². The molecule has 0 amide bonds. The van der Waals surface area contributed by atoms with E-state index in [-0.39, 0.29) is 6.10 Å². The van der Waals surface area contributed by atoms with Crippen molar-refractivity contribution in [1.29, 1.82) is 0 Å². The maximum atomic E-state index is 5.77. The average molecular weight is 299 g/mol. The Labute approximate surface area is 125 Å². The van der Waals surface area contributed by atoms with Gasteiger partial charge in [0.05, 0.1) is 13.2 Å². The molecule has 4 rings (SSSR count). The van der Waals surface area contributed by atoms with E-state index in [1.165, 1.54) is 0 Å². The number of H-pyrrole nitrogens is 1. The Morgan fingerprint density at radius 1 is 1.27 bits per heavy atom. The normalized spacial score (nSPS) is 17.7. The highest BCUT2D eigenvalue weighted by Crippen LogP contribution is 2.24. The predicted octanol–water partition coefficient (Wildman–Crippen LogP) is 1.69. The number of rotatable bonds is 4. The van der Waals surface area contributed by atoms with Crippen LogP contribution < -0.4 is 4.74 Å². The van der Waals surface area contributed by atoms with Crippen LogP contribution in [-0.4, -0.2) is 44.6 Å². The summed E-state index contributed by atoms with van der Waals surface area (Å²) in [5.41, 5.74) is 1.45. The highest BCUT2D eigenvalue weighted by molar-refractivity contribution is 5.57. The van der Waals surface area contributed by atoms with Gasteiger partial charge in [0.2, 0.25) is 11.7 Å². The Morgan fingerprint density at radius 3 is 3.09 bits per heavy atom. The molecule has 1 N–H and O–H groups in total. The van der Waals surface area contributed by atoms with E-state index in [1.807, 2.05) is 0 Å². The van der Waals surface area contributed by atoms with Gasteiger partial charge >= 0.3 is 0 Å². The van der Waals surface area contributed by atoms with Gasteiger partial charge in [-0.25, -0.2) is 4.98 Å². The molecule has 1 aliphatic heterocycles. The van der Waals surface area contributed by atoms with Crippen LogP contribution in [0.25, 0.3) is 23.0 Å². The quantitative estimate of drug-likeness (QED) is 0.782. The fraction of sp³-hybridized carbons (Fsp3) is 0.286. The lowest BCUT2D eigenvalue weighted by molar-refractivity contribution is 0.138. The van der Waals surface area contributed by atoms with Crippen molar-refractivity contribution < 1.29 is 14.0 Å². The van der Waals surface area contributed by atoms with E-state index < -0.39 is 0 Å². The van der Waals surface area contributed by atoms with Gasteiger partial charge in [-0.05, 0) is 12.1 Å². The Kier molecular flexibility index (Phi) is 3.28. The first kappa shape index (κ1) is 13.0. The first-order chi connectivity index (χ1) is 10.9. The van der Waals surface area contributed by atoms with Crippen molar-refractivity contribution in [2.75, 3.05) is 13.2 Å². The van der Waals surface area contributed by atoms with E-state index in [1.54, 1.807) is 30.6 Å². The molecule has 112 valence electrons. The Bertz CT molecular complexity index is 749. The number of ether oxygens (including phenoxy) is 2. The van der Waals surface area contributed by atoms with E-state index >= 15 is 0 Å². The van der Waals surface area contributed by atoms with Crippen LogP contribution in [0.3, 0.4) is 0 Å². The van der Waals surface area contributed by atoms with Crippen LogP contribution in [0.1, 0.15) is 6.42 Å². The molecule has 3 aromatic rings. The molecule has 3 aromatic heterocycles. The maximum Gasteiger partial charge on any atom is 0.258 e. The SMILES string of the molecule is c1cc(-c2noc(-c3ccnc(OC4CCOC4)c3)n2)[nH]n1. The lowest BCUT2D eigenvalue weighted by Crippen LogP contribution is -2.16. The van der Waals surface area contributed by atoms with Gasteiger partial charge in [-0.15, -0.1) is 0 Å². The number of hydrogen-bond donors (Lipinski definition) is 1. The molecule has 1 aliphatic rings. The summed E-state index contributed by atoms with van der Waals surface area (Å²) >= 11 is 0. The van der Waals surface area contributed by atoms with Gasteiger partial charge in [-0.2, -0.15) is 10.1 Å². The standard InChI is InChI=1S/C14H13N5O3/c1-4-15-12(21-10-3-6-20-8-10)7-9(1)14-17-13(19-22-14)11-2-5-16-18-11/h1-2,4-5,7,10H,3,6,8H2,(H,16,18). The van der Waals surface area contributed by atoms with Crippen molar-refractivity contribution in [2.45, 2.75) is 12.5 Å². The minimum Gasteiger partial charge on any atom is -0.472 e. The molecule has 1 unspecified atom stereocenters. The third-order valence-corrected chi connectivity index (χ3v) is 3.32. The van der Waals surface area contributed by atoms with Gasteiger partial charge in [0.15, 0.2) is 0 Å². The summed E-state index contributed by atoms with van der Waals surface area (Å²) < 4.78 is 16.3. The first-order valence-electron chi connectivity index (χ1n) is 6.93. The van der Waals surface area contributed by atoms with Crippen molar-refractivity contribution in [3.63, 3.8) is 0 Å². The fourth-order valence-corrected chi connectivity index (χ4v) is 2.21. The van der Waals surface area contributed by atoms with Gasteiger partial charge in [-0.3, -0.25) is 5.10 Å². The van der Waals surface area contributed by atoms with E-state index in [0.29, 0.717) is 29.9 Å². The third-order valence-electron chi connectivity index (χ3n) is 3.32. The van der Waals surface area contributed by atoms with Crippen molar-refractivity contribution in [3.05, 3.63) is 30.6 Å². The lowest BCUT2D eigenvalue weighted by Gasteiger charge is -2.10. The van der Waals surface area contributed by atoms with Crippen LogP contribution >= 0.6 is 0 Å². The highest BCUT2D eigenvalue weighted by atomic mass is 16.5. The fourth-order valence-electron chi connectivity index (χ4n) is 2.21. The van der Waals surface area contributed by atoms with Crippen LogP contribution in [0.15, 0.2) is 35.1 Å². The zero-order valence-electron chi connectivity index (χ0n) is 11.6. The molecule has 0 radical (unpaired) electrons. The molecule has 22 heavy (non-hydrogen) atoms. The summed E-state index contributed by atoms with van der Waals surface area (Å²) in [6, 6.07) is 5.35. The molecular weight excluding hydrogens is 286 g/mol. The molecule has 0 bridgehead atoms. The average Bonchev–Trinajstić information content (AvgIpc) is 3.29. The zero-order valence-corrected chi connectivity index (χ0v) is 11.6. The molecule has 8 heteroatoms. The second kappa shape index (κ2) is 5.57. The molecule has 1 atom stereocenters. The summed E-state index contributed by atoms with van der Waals surface area (Å²) in [5, 5.41) is 10.6. The number of nitrogens with zero attached hydrogens (tertiary/aromatic N) is 4.